The van der Waals surface area contributed by atoms with E-state index in [-0.39, 0.29) is 5.82 Å². The summed E-state index contributed by atoms with van der Waals surface area (Å²) < 4.78 is 24.3. The van der Waals surface area contributed by atoms with Crippen molar-refractivity contribution in [2.45, 2.75) is 13.8 Å². The predicted octanol–water partition coefficient (Wildman–Crippen LogP) is 4.81. The van der Waals surface area contributed by atoms with Gasteiger partial charge in [0, 0.05) is 5.39 Å². The molecule has 0 amide bonds. The van der Waals surface area contributed by atoms with Gasteiger partial charge in [-0.1, -0.05) is 12.1 Å². The van der Waals surface area contributed by atoms with E-state index in [0.29, 0.717) is 29.3 Å². The van der Waals surface area contributed by atoms with Crippen LogP contribution in [0.3, 0.4) is 0 Å². The Hall–Kier alpha value is -2.82. The third-order valence-electron chi connectivity index (χ3n) is 3.36. The number of nitrogens with one attached hydrogen (secondary N) is 1. The number of rotatable bonds is 5. The molecule has 0 bridgehead atoms. The number of ether oxygens (including phenoxy) is 1. The van der Waals surface area contributed by atoms with Crippen molar-refractivity contribution in [3.05, 3.63) is 60.1 Å². The number of benzene rings is 2. The average Bonchev–Trinajstić information content (AvgIpc) is 3.00. The number of hydrogen-bond donors (Lipinski definition) is 1. The van der Waals surface area contributed by atoms with E-state index in [4.69, 9.17) is 9.15 Å². The van der Waals surface area contributed by atoms with Crippen LogP contribution in [0, 0.1) is 5.82 Å². The highest BCUT2D eigenvalue weighted by atomic mass is 19.1. The molecule has 0 fully saturated rings. The zero-order valence-electron chi connectivity index (χ0n) is 13.0. The van der Waals surface area contributed by atoms with Crippen LogP contribution in [0.15, 0.2) is 58.0 Å². The lowest BCUT2D eigenvalue weighted by Gasteiger charge is -2.02. The average molecular weight is 312 g/mol. The minimum absolute atomic E-state index is 0.281. The zero-order valence-corrected chi connectivity index (χ0v) is 13.0. The van der Waals surface area contributed by atoms with Gasteiger partial charge in [-0.2, -0.15) is 5.10 Å². The first-order valence-electron chi connectivity index (χ1n) is 7.39. The summed E-state index contributed by atoms with van der Waals surface area (Å²) in [6.07, 6.45) is 0. The summed E-state index contributed by atoms with van der Waals surface area (Å²) in [7, 11) is 0. The Labute approximate surface area is 133 Å². The van der Waals surface area contributed by atoms with Crippen LogP contribution in [-0.4, -0.2) is 12.3 Å². The molecule has 0 aliphatic carbocycles. The molecule has 118 valence electrons. The van der Waals surface area contributed by atoms with Gasteiger partial charge in [0.1, 0.15) is 11.5 Å². The number of para-hydroxylation sites is 1. The van der Waals surface area contributed by atoms with Gasteiger partial charge in [-0.05, 0) is 50.2 Å². The van der Waals surface area contributed by atoms with Crippen molar-refractivity contribution in [1.29, 1.82) is 0 Å². The first-order chi connectivity index (χ1) is 11.2. The van der Waals surface area contributed by atoms with E-state index < -0.39 is 0 Å². The van der Waals surface area contributed by atoms with Crippen LogP contribution >= 0.6 is 0 Å². The van der Waals surface area contributed by atoms with Crippen LogP contribution in [-0.2, 0) is 0 Å². The number of fused-ring (bicyclic) bond motifs is 1. The SMILES string of the molecule is CCOc1cccc2cc(/C(C)=N\Nc3ccc(F)cc3)oc12. The molecular weight excluding hydrogens is 295 g/mol. The Morgan fingerprint density at radius 3 is 2.74 bits per heavy atom. The van der Waals surface area contributed by atoms with Crippen LogP contribution in [0.4, 0.5) is 10.1 Å². The highest BCUT2D eigenvalue weighted by molar-refractivity contribution is 6.00. The van der Waals surface area contributed by atoms with E-state index in [2.05, 4.69) is 10.5 Å². The molecule has 0 spiro atoms. The molecule has 0 saturated carbocycles. The topological polar surface area (TPSA) is 46.8 Å². The highest BCUT2D eigenvalue weighted by Gasteiger charge is 2.11. The second kappa shape index (κ2) is 6.52. The van der Waals surface area contributed by atoms with E-state index in [1.807, 2.05) is 38.1 Å². The molecule has 2 aromatic carbocycles. The number of nitrogens with zero attached hydrogens (tertiary/aromatic N) is 1. The molecule has 5 heteroatoms. The minimum atomic E-state index is -0.281. The van der Waals surface area contributed by atoms with Crippen molar-refractivity contribution in [3.63, 3.8) is 0 Å². The summed E-state index contributed by atoms with van der Waals surface area (Å²) in [5, 5.41) is 5.24. The molecule has 4 nitrogen and oxygen atoms in total. The van der Waals surface area contributed by atoms with Gasteiger partial charge in [0.2, 0.25) is 0 Å². The van der Waals surface area contributed by atoms with Gasteiger partial charge in [0.15, 0.2) is 17.1 Å². The Balaban J connectivity index is 1.85. The maximum absolute atomic E-state index is 12.9. The monoisotopic (exact) mass is 312 g/mol. The fourth-order valence-corrected chi connectivity index (χ4v) is 2.21. The zero-order chi connectivity index (χ0) is 16.2. The number of furan rings is 1. The minimum Gasteiger partial charge on any atom is -0.490 e. The van der Waals surface area contributed by atoms with Gasteiger partial charge < -0.3 is 9.15 Å². The van der Waals surface area contributed by atoms with Crippen molar-refractivity contribution in [1.82, 2.24) is 0 Å². The summed E-state index contributed by atoms with van der Waals surface area (Å²) in [6, 6.07) is 13.7. The third kappa shape index (κ3) is 3.34. The van der Waals surface area contributed by atoms with Gasteiger partial charge in [-0.25, -0.2) is 4.39 Å². The second-order valence-electron chi connectivity index (χ2n) is 5.03. The number of anilines is 1. The largest absolute Gasteiger partial charge is 0.490 e. The van der Waals surface area contributed by atoms with Crippen molar-refractivity contribution < 1.29 is 13.5 Å². The smallest absolute Gasteiger partial charge is 0.176 e. The molecule has 1 heterocycles. The van der Waals surface area contributed by atoms with Crippen LogP contribution < -0.4 is 10.2 Å². The van der Waals surface area contributed by atoms with Crippen molar-refractivity contribution >= 4 is 22.4 Å². The molecule has 3 aromatic rings. The first kappa shape index (κ1) is 15.1. The Bertz CT molecular complexity index is 838. The Morgan fingerprint density at radius 1 is 1.22 bits per heavy atom. The van der Waals surface area contributed by atoms with Crippen LogP contribution in [0.25, 0.3) is 11.0 Å². The maximum Gasteiger partial charge on any atom is 0.176 e. The molecule has 23 heavy (non-hydrogen) atoms. The van der Waals surface area contributed by atoms with E-state index in [1.54, 1.807) is 12.1 Å². The number of halogens is 1. The molecule has 1 N–H and O–H groups in total. The van der Waals surface area contributed by atoms with E-state index in [0.717, 1.165) is 11.1 Å². The summed E-state index contributed by atoms with van der Waals surface area (Å²) in [4.78, 5) is 0. The van der Waals surface area contributed by atoms with Gasteiger partial charge in [0.05, 0.1) is 12.3 Å². The predicted molar refractivity (Wildman–Crippen MR) is 89.6 cm³/mol. The molecule has 3 rings (SSSR count). The molecule has 0 saturated heterocycles. The van der Waals surface area contributed by atoms with Crippen LogP contribution in [0.2, 0.25) is 0 Å². The summed E-state index contributed by atoms with van der Waals surface area (Å²) >= 11 is 0. The lowest BCUT2D eigenvalue weighted by Crippen LogP contribution is -1.98. The Morgan fingerprint density at radius 2 is 2.00 bits per heavy atom. The van der Waals surface area contributed by atoms with Crippen molar-refractivity contribution in [3.8, 4) is 5.75 Å². The number of hydrazone groups is 1. The molecule has 0 radical (unpaired) electrons. The quantitative estimate of drug-likeness (QED) is 0.543. The molecule has 0 atom stereocenters. The van der Waals surface area contributed by atoms with Gasteiger partial charge in [-0.15, -0.1) is 0 Å². The lowest BCUT2D eigenvalue weighted by molar-refractivity contribution is 0.338. The highest BCUT2D eigenvalue weighted by Crippen LogP contribution is 2.29. The first-order valence-corrected chi connectivity index (χ1v) is 7.39. The third-order valence-corrected chi connectivity index (χ3v) is 3.36. The van der Waals surface area contributed by atoms with E-state index >= 15 is 0 Å². The maximum atomic E-state index is 12.9. The lowest BCUT2D eigenvalue weighted by atomic mass is 10.2. The fourth-order valence-electron chi connectivity index (χ4n) is 2.21. The van der Waals surface area contributed by atoms with Gasteiger partial charge in [0.25, 0.3) is 0 Å². The standard InChI is InChI=1S/C18H17FN2O2/c1-3-22-16-6-4-5-13-11-17(23-18(13)16)12(2)20-21-15-9-7-14(19)8-10-15/h4-11,21H,3H2,1-2H3/b20-12-. The molecule has 0 unspecified atom stereocenters. The van der Waals surface area contributed by atoms with E-state index in [9.17, 15) is 4.39 Å². The number of hydrogen-bond acceptors (Lipinski definition) is 4. The fraction of sp³-hybridized carbons (Fsp3) is 0.167. The van der Waals surface area contributed by atoms with Crippen LogP contribution in [0.1, 0.15) is 19.6 Å². The van der Waals surface area contributed by atoms with Gasteiger partial charge in [-0.3, -0.25) is 5.43 Å². The van der Waals surface area contributed by atoms with Crippen molar-refractivity contribution in [2.75, 3.05) is 12.0 Å². The summed E-state index contributed by atoms with van der Waals surface area (Å²) in [6.45, 7) is 4.35. The molecule has 0 aliphatic rings. The molecule has 1 aromatic heterocycles. The van der Waals surface area contributed by atoms with Crippen LogP contribution in [0.5, 0.6) is 5.75 Å². The molecule has 0 aliphatic heterocycles. The Kier molecular flexibility index (Phi) is 4.28. The second-order valence-corrected chi connectivity index (χ2v) is 5.03. The van der Waals surface area contributed by atoms with Crippen molar-refractivity contribution in [2.24, 2.45) is 5.10 Å². The summed E-state index contributed by atoms with van der Waals surface area (Å²) in [5.74, 6) is 1.09. The molecular formula is C18H17FN2O2. The van der Waals surface area contributed by atoms with E-state index in [1.165, 1.54) is 12.1 Å². The normalized spacial score (nSPS) is 11.7. The van der Waals surface area contributed by atoms with Gasteiger partial charge >= 0.3 is 0 Å². The summed E-state index contributed by atoms with van der Waals surface area (Å²) in [5.41, 5.74) is 4.99.